The standard InChI is InChI=1S/C6H12.2C4H10.C4H6/c1-5(2)6(3)4;3*1-3-4-2/h1-4H3;2*3-4H2,1-2H3;1-2H3. The van der Waals surface area contributed by atoms with Crippen molar-refractivity contribution in [2.24, 2.45) is 0 Å². The van der Waals surface area contributed by atoms with Crippen molar-refractivity contribution in [3.05, 3.63) is 11.1 Å². The molecule has 0 aliphatic carbocycles. The second-order valence-corrected chi connectivity index (χ2v) is 4.50. The van der Waals surface area contributed by atoms with E-state index in [1.54, 1.807) is 0 Å². The maximum atomic E-state index is 2.68. The Morgan fingerprint density at radius 2 is 0.722 bits per heavy atom. The number of hydrogen-bond donors (Lipinski definition) is 0. The first-order valence-electron chi connectivity index (χ1n) is 7.33. The predicted octanol–water partition coefficient (Wildman–Crippen LogP) is 7.01. The van der Waals surface area contributed by atoms with Gasteiger partial charge >= 0.3 is 0 Å². The Kier molecular flexibility index (Phi) is 43.1. The van der Waals surface area contributed by atoms with Crippen molar-refractivity contribution in [2.75, 3.05) is 0 Å². The zero-order valence-electron chi connectivity index (χ0n) is 14.8. The van der Waals surface area contributed by atoms with Crippen LogP contribution in [0.2, 0.25) is 0 Å². The zero-order chi connectivity index (χ0) is 15.4. The molecule has 0 nitrogen and oxygen atoms in total. The lowest BCUT2D eigenvalue weighted by atomic mass is 10.2. The molecule has 0 saturated heterocycles. The number of rotatable bonds is 2. The molecule has 0 aliphatic rings. The number of allylic oxidation sites excluding steroid dienone is 2. The molecule has 110 valence electrons. The Morgan fingerprint density at radius 3 is 0.722 bits per heavy atom. The first-order chi connectivity index (χ1) is 8.39. The Morgan fingerprint density at radius 1 is 0.556 bits per heavy atom. The van der Waals surface area contributed by atoms with E-state index in [1.807, 2.05) is 13.8 Å². The van der Waals surface area contributed by atoms with Crippen LogP contribution in [0.3, 0.4) is 0 Å². The van der Waals surface area contributed by atoms with Crippen molar-refractivity contribution in [3.8, 4) is 11.8 Å². The molecule has 0 heteroatoms. The highest BCUT2D eigenvalue weighted by molar-refractivity contribution is 5.02. The van der Waals surface area contributed by atoms with Crippen LogP contribution in [0.4, 0.5) is 0 Å². The molecule has 0 aromatic carbocycles. The lowest BCUT2D eigenvalue weighted by Crippen LogP contribution is -1.66. The summed E-state index contributed by atoms with van der Waals surface area (Å²) in [7, 11) is 0. The molecule has 0 radical (unpaired) electrons. The second-order valence-electron chi connectivity index (χ2n) is 4.50. The molecule has 0 unspecified atom stereocenters. The van der Waals surface area contributed by atoms with Gasteiger partial charge in [-0.25, -0.2) is 0 Å². The summed E-state index contributed by atoms with van der Waals surface area (Å²) in [5.74, 6) is 5.36. The van der Waals surface area contributed by atoms with Gasteiger partial charge in [-0.05, 0) is 41.5 Å². The van der Waals surface area contributed by atoms with Gasteiger partial charge in [0, 0.05) is 0 Å². The zero-order valence-corrected chi connectivity index (χ0v) is 14.8. The van der Waals surface area contributed by atoms with E-state index in [2.05, 4.69) is 67.2 Å². The average molecular weight is 255 g/mol. The molecule has 18 heavy (non-hydrogen) atoms. The van der Waals surface area contributed by atoms with Crippen molar-refractivity contribution in [1.29, 1.82) is 0 Å². The lowest BCUT2D eigenvalue weighted by Gasteiger charge is -1.88. The van der Waals surface area contributed by atoms with Gasteiger partial charge < -0.3 is 0 Å². The largest absolute Gasteiger partial charge is 0.107 e. The van der Waals surface area contributed by atoms with Crippen LogP contribution in [0.15, 0.2) is 11.1 Å². The average Bonchev–Trinajstić information content (AvgIpc) is 2.39. The van der Waals surface area contributed by atoms with Crippen molar-refractivity contribution < 1.29 is 0 Å². The summed E-state index contributed by atoms with van der Waals surface area (Å²) >= 11 is 0. The van der Waals surface area contributed by atoms with Gasteiger partial charge in [-0.3, -0.25) is 0 Å². The summed E-state index contributed by atoms with van der Waals surface area (Å²) in [5, 5.41) is 0. The molecule has 0 saturated carbocycles. The third-order valence-electron chi connectivity index (χ3n) is 2.25. The molecule has 0 amide bonds. The van der Waals surface area contributed by atoms with E-state index >= 15 is 0 Å². The van der Waals surface area contributed by atoms with E-state index < -0.39 is 0 Å². The SMILES string of the molecule is CC#CC.CC(C)=C(C)C.CCCC.CCCC. The highest BCUT2D eigenvalue weighted by Gasteiger charge is 1.75. The molecule has 0 spiro atoms. The molecular formula is C18H38. The Balaban J connectivity index is -0.0000000742. The number of hydrogen-bond acceptors (Lipinski definition) is 0. The van der Waals surface area contributed by atoms with E-state index in [9.17, 15) is 0 Å². The molecule has 0 rings (SSSR count). The van der Waals surface area contributed by atoms with Gasteiger partial charge in [-0.1, -0.05) is 64.5 Å². The van der Waals surface area contributed by atoms with Crippen LogP contribution in [0, 0.1) is 11.8 Å². The monoisotopic (exact) mass is 254 g/mol. The maximum absolute atomic E-state index is 2.68. The van der Waals surface area contributed by atoms with Crippen LogP contribution in [-0.2, 0) is 0 Å². The van der Waals surface area contributed by atoms with E-state index in [-0.39, 0.29) is 0 Å². The normalized spacial score (nSPS) is 6.78. The minimum absolute atomic E-state index is 1.32. The first-order valence-corrected chi connectivity index (χ1v) is 7.33. The first kappa shape index (κ1) is 26.0. The fourth-order valence-corrected chi connectivity index (χ4v) is 0. The second kappa shape index (κ2) is 29.9. The Bertz CT molecular complexity index is 166. The molecular weight excluding hydrogens is 216 g/mol. The van der Waals surface area contributed by atoms with Crippen molar-refractivity contribution in [3.63, 3.8) is 0 Å². The molecule has 0 atom stereocenters. The van der Waals surface area contributed by atoms with Crippen LogP contribution in [-0.4, -0.2) is 0 Å². The van der Waals surface area contributed by atoms with Gasteiger partial charge in [0.25, 0.3) is 0 Å². The number of unbranched alkanes of at least 4 members (excludes halogenated alkanes) is 2. The molecule has 0 fully saturated rings. The third kappa shape index (κ3) is 78.8. The summed E-state index contributed by atoms with van der Waals surface area (Å²) < 4.78 is 0. The van der Waals surface area contributed by atoms with Gasteiger partial charge in [-0.15, -0.1) is 11.8 Å². The molecule has 0 aromatic rings. The summed E-state index contributed by atoms with van der Waals surface area (Å²) in [6.45, 7) is 20.8. The quantitative estimate of drug-likeness (QED) is 0.367. The van der Waals surface area contributed by atoms with Crippen LogP contribution >= 0.6 is 0 Å². The van der Waals surface area contributed by atoms with E-state index in [0.29, 0.717) is 0 Å². The van der Waals surface area contributed by atoms with Gasteiger partial charge in [0.15, 0.2) is 0 Å². The topological polar surface area (TPSA) is 0 Å². The highest BCUT2D eigenvalue weighted by atomic mass is 13.8. The van der Waals surface area contributed by atoms with Crippen molar-refractivity contribution in [2.45, 2.75) is 94.9 Å². The van der Waals surface area contributed by atoms with Gasteiger partial charge in [0.2, 0.25) is 0 Å². The van der Waals surface area contributed by atoms with Gasteiger partial charge in [0.1, 0.15) is 0 Å². The molecule has 0 bridgehead atoms. The summed E-state index contributed by atoms with van der Waals surface area (Å²) in [4.78, 5) is 0. The maximum Gasteiger partial charge on any atom is -0.00271 e. The predicted molar refractivity (Wildman–Crippen MR) is 90.0 cm³/mol. The molecule has 0 aliphatic heterocycles. The third-order valence-corrected chi connectivity index (χ3v) is 2.25. The molecule has 0 N–H and O–H groups in total. The van der Waals surface area contributed by atoms with Crippen molar-refractivity contribution in [1.82, 2.24) is 0 Å². The molecule has 0 aromatic heterocycles. The summed E-state index contributed by atoms with van der Waals surface area (Å²) in [6, 6.07) is 0. The highest BCUT2D eigenvalue weighted by Crippen LogP contribution is 1.96. The molecule has 0 heterocycles. The fourth-order valence-electron chi connectivity index (χ4n) is 0. The van der Waals surface area contributed by atoms with Crippen molar-refractivity contribution >= 4 is 0 Å². The minimum atomic E-state index is 1.32. The Labute approximate surface area is 118 Å². The summed E-state index contributed by atoms with van der Waals surface area (Å²) in [5.41, 5.74) is 2.85. The van der Waals surface area contributed by atoms with E-state index in [4.69, 9.17) is 0 Å². The Hall–Kier alpha value is -0.700. The minimum Gasteiger partial charge on any atom is -0.107 e. The lowest BCUT2D eigenvalue weighted by molar-refractivity contribution is 0.886. The van der Waals surface area contributed by atoms with Crippen LogP contribution in [0.5, 0.6) is 0 Å². The fraction of sp³-hybridized carbons (Fsp3) is 0.778. The van der Waals surface area contributed by atoms with Gasteiger partial charge in [-0.2, -0.15) is 0 Å². The summed E-state index contributed by atoms with van der Waals surface area (Å²) in [6.07, 6.45) is 5.28. The van der Waals surface area contributed by atoms with Crippen LogP contribution in [0.1, 0.15) is 94.9 Å². The van der Waals surface area contributed by atoms with E-state index in [1.165, 1.54) is 36.8 Å². The van der Waals surface area contributed by atoms with Crippen LogP contribution < -0.4 is 0 Å². The smallest absolute Gasteiger partial charge is 0.00271 e. The van der Waals surface area contributed by atoms with E-state index in [0.717, 1.165) is 0 Å². The van der Waals surface area contributed by atoms with Crippen LogP contribution in [0.25, 0.3) is 0 Å². The van der Waals surface area contributed by atoms with Gasteiger partial charge in [0.05, 0.1) is 0 Å².